The van der Waals surface area contributed by atoms with E-state index < -0.39 is 0 Å². The summed E-state index contributed by atoms with van der Waals surface area (Å²) in [5, 5.41) is 11.9. The largest absolute Gasteiger partial charge is 0.379 e. The highest BCUT2D eigenvalue weighted by atomic mass is 16.5. The fraction of sp³-hybridized carbons (Fsp3) is 0.833. The Balaban J connectivity index is 2.61. The van der Waals surface area contributed by atoms with Crippen molar-refractivity contribution in [2.45, 2.75) is 45.3 Å². The molecular weight excluding hydrogens is 216 g/mol. The number of hydrogen-bond donors (Lipinski definition) is 1. The van der Waals surface area contributed by atoms with E-state index in [0.717, 1.165) is 25.1 Å². The number of rotatable bonds is 7. The fourth-order valence-electron chi connectivity index (χ4n) is 1.72. The van der Waals surface area contributed by atoms with E-state index in [1.54, 1.807) is 11.9 Å². The topological polar surface area (TPSA) is 52.0 Å². The predicted octanol–water partition coefficient (Wildman–Crippen LogP) is 1.67. The maximum absolute atomic E-state index is 5.44. The van der Waals surface area contributed by atoms with Crippen molar-refractivity contribution >= 4 is 0 Å². The highest BCUT2D eigenvalue weighted by molar-refractivity contribution is 5.00. The Kier molecular flexibility index (Phi) is 5.08. The number of hydrogen-bond acceptors (Lipinski definition) is 4. The lowest BCUT2D eigenvalue weighted by atomic mass is 9.97. The van der Waals surface area contributed by atoms with E-state index >= 15 is 0 Å². The van der Waals surface area contributed by atoms with Crippen molar-refractivity contribution < 1.29 is 4.74 Å². The molecule has 0 saturated heterocycles. The van der Waals surface area contributed by atoms with E-state index in [-0.39, 0.29) is 11.6 Å². The van der Waals surface area contributed by atoms with Crippen molar-refractivity contribution in [3.05, 3.63) is 11.9 Å². The third-order valence-corrected chi connectivity index (χ3v) is 3.01. The molecule has 1 atom stereocenters. The van der Waals surface area contributed by atoms with Gasteiger partial charge < -0.3 is 10.1 Å². The molecule has 0 spiro atoms. The summed E-state index contributed by atoms with van der Waals surface area (Å²) in [5.74, 6) is 0. The first-order chi connectivity index (χ1) is 7.98. The molecule has 0 aromatic carbocycles. The number of nitrogens with zero attached hydrogens (tertiary/aromatic N) is 3. The molecule has 1 unspecified atom stereocenters. The zero-order valence-corrected chi connectivity index (χ0v) is 11.5. The quantitative estimate of drug-likeness (QED) is 0.787. The highest BCUT2D eigenvalue weighted by Gasteiger charge is 2.21. The zero-order valence-electron chi connectivity index (χ0n) is 11.5. The van der Waals surface area contributed by atoms with Gasteiger partial charge in [0.05, 0.1) is 23.5 Å². The van der Waals surface area contributed by atoms with Crippen LogP contribution in [0.2, 0.25) is 0 Å². The van der Waals surface area contributed by atoms with Crippen LogP contribution in [0.1, 0.15) is 45.3 Å². The summed E-state index contributed by atoms with van der Waals surface area (Å²) in [7, 11) is 3.59. The Bertz CT molecular complexity index is 335. The molecule has 0 aliphatic carbocycles. The Labute approximate surface area is 104 Å². The van der Waals surface area contributed by atoms with Crippen LogP contribution in [0.3, 0.4) is 0 Å². The van der Waals surface area contributed by atoms with Gasteiger partial charge in [-0.15, -0.1) is 0 Å². The smallest absolute Gasteiger partial charge is 0.0996 e. The summed E-state index contributed by atoms with van der Waals surface area (Å²) in [6, 6.07) is 0.253. The summed E-state index contributed by atoms with van der Waals surface area (Å²) in [4.78, 5) is 1.60. The van der Waals surface area contributed by atoms with Gasteiger partial charge in [0.1, 0.15) is 0 Å². The van der Waals surface area contributed by atoms with Crippen molar-refractivity contribution in [1.29, 1.82) is 0 Å². The lowest BCUT2D eigenvalue weighted by Gasteiger charge is -2.25. The first-order valence-electron chi connectivity index (χ1n) is 6.13. The van der Waals surface area contributed by atoms with Crippen molar-refractivity contribution in [3.8, 4) is 0 Å². The van der Waals surface area contributed by atoms with E-state index in [1.165, 1.54) is 0 Å². The number of aromatic nitrogens is 3. The summed E-state index contributed by atoms with van der Waals surface area (Å²) < 4.78 is 5.44. The van der Waals surface area contributed by atoms with Gasteiger partial charge in [0, 0.05) is 14.2 Å². The normalized spacial score (nSPS) is 13.9. The Hall–Kier alpha value is -0.940. The Morgan fingerprint density at radius 1 is 1.53 bits per heavy atom. The van der Waals surface area contributed by atoms with Crippen LogP contribution in [0, 0.1) is 0 Å². The second-order valence-corrected chi connectivity index (χ2v) is 4.87. The predicted molar refractivity (Wildman–Crippen MR) is 67.7 cm³/mol. The molecule has 1 aromatic heterocycles. The number of ether oxygens (including phenoxy) is 1. The monoisotopic (exact) mass is 240 g/mol. The molecule has 0 aliphatic rings. The molecule has 5 nitrogen and oxygen atoms in total. The van der Waals surface area contributed by atoms with Crippen molar-refractivity contribution in [2.75, 3.05) is 13.7 Å². The molecule has 0 bridgehead atoms. The van der Waals surface area contributed by atoms with Gasteiger partial charge in [-0.3, -0.25) is 0 Å². The minimum absolute atomic E-state index is 0.0874. The summed E-state index contributed by atoms with van der Waals surface area (Å²) >= 11 is 0. The third kappa shape index (κ3) is 4.44. The van der Waals surface area contributed by atoms with Crippen LogP contribution in [0.4, 0.5) is 0 Å². The van der Waals surface area contributed by atoms with Crippen LogP contribution in [-0.2, 0) is 11.8 Å². The van der Waals surface area contributed by atoms with E-state index in [2.05, 4.69) is 36.3 Å². The minimum Gasteiger partial charge on any atom is -0.379 e. The van der Waals surface area contributed by atoms with Gasteiger partial charge in [-0.2, -0.15) is 15.0 Å². The number of methoxy groups -OCH3 is 1. The molecule has 1 aromatic rings. The van der Waals surface area contributed by atoms with E-state index in [9.17, 15) is 0 Å². The minimum atomic E-state index is -0.0874. The maximum Gasteiger partial charge on any atom is 0.0996 e. The molecular formula is C12H24N4O. The lowest BCUT2D eigenvalue weighted by Crippen LogP contribution is -2.27. The molecule has 17 heavy (non-hydrogen) atoms. The van der Waals surface area contributed by atoms with Gasteiger partial charge in [0.15, 0.2) is 0 Å². The molecule has 5 heteroatoms. The summed E-state index contributed by atoms with van der Waals surface area (Å²) in [6.45, 7) is 7.23. The fourth-order valence-corrected chi connectivity index (χ4v) is 1.72. The zero-order chi connectivity index (χ0) is 12.9. The molecule has 1 heterocycles. The molecule has 0 aliphatic heterocycles. The van der Waals surface area contributed by atoms with E-state index in [0.29, 0.717) is 0 Å². The van der Waals surface area contributed by atoms with Crippen LogP contribution in [-0.4, -0.2) is 34.2 Å². The first-order valence-corrected chi connectivity index (χ1v) is 6.13. The molecule has 0 fully saturated rings. The maximum atomic E-state index is 5.44. The van der Waals surface area contributed by atoms with Gasteiger partial charge in [-0.05, 0) is 33.2 Å². The molecule has 1 N–H and O–H groups in total. The molecule has 1 rings (SSSR count). The Morgan fingerprint density at radius 3 is 2.71 bits per heavy atom. The van der Waals surface area contributed by atoms with Crippen LogP contribution in [0.5, 0.6) is 0 Å². The third-order valence-electron chi connectivity index (χ3n) is 3.01. The number of nitrogens with one attached hydrogen (secondary N) is 1. The van der Waals surface area contributed by atoms with Crippen molar-refractivity contribution in [2.24, 2.45) is 7.05 Å². The van der Waals surface area contributed by atoms with Crippen LogP contribution < -0.4 is 5.32 Å². The van der Waals surface area contributed by atoms with Gasteiger partial charge in [-0.1, -0.05) is 6.92 Å². The molecule has 0 saturated carbocycles. The second-order valence-electron chi connectivity index (χ2n) is 4.87. The summed E-state index contributed by atoms with van der Waals surface area (Å²) in [6.07, 6.45) is 3.80. The van der Waals surface area contributed by atoms with Gasteiger partial charge >= 0.3 is 0 Å². The van der Waals surface area contributed by atoms with Crippen LogP contribution in [0.15, 0.2) is 6.20 Å². The first kappa shape index (κ1) is 14.1. The van der Waals surface area contributed by atoms with Gasteiger partial charge in [0.2, 0.25) is 0 Å². The van der Waals surface area contributed by atoms with Gasteiger partial charge in [0.25, 0.3) is 0 Å². The van der Waals surface area contributed by atoms with Crippen LogP contribution in [0.25, 0.3) is 0 Å². The number of aryl methyl sites for hydroxylation is 1. The SMILES string of the molecule is CCNC(CCC(C)(C)OC)c1cnn(C)n1. The highest BCUT2D eigenvalue weighted by Crippen LogP contribution is 2.23. The average molecular weight is 240 g/mol. The summed E-state index contributed by atoms with van der Waals surface area (Å²) in [5.41, 5.74) is 0.914. The molecule has 98 valence electrons. The van der Waals surface area contributed by atoms with E-state index in [1.807, 2.05) is 13.2 Å². The van der Waals surface area contributed by atoms with E-state index in [4.69, 9.17) is 4.74 Å². The second kappa shape index (κ2) is 6.12. The Morgan fingerprint density at radius 2 is 2.24 bits per heavy atom. The molecule has 0 amide bonds. The van der Waals surface area contributed by atoms with Crippen LogP contribution >= 0.6 is 0 Å². The molecule has 0 radical (unpaired) electrons. The average Bonchev–Trinajstić information content (AvgIpc) is 2.71. The van der Waals surface area contributed by atoms with Gasteiger partial charge in [-0.25, -0.2) is 0 Å². The standard InChI is InChI=1S/C12H24N4O/c1-6-13-10(7-8-12(2,3)17-5)11-9-14-16(4)15-11/h9-10,13H,6-8H2,1-5H3. The lowest BCUT2D eigenvalue weighted by molar-refractivity contribution is 0.0116. The van der Waals surface area contributed by atoms with Crippen molar-refractivity contribution in [1.82, 2.24) is 20.3 Å². The van der Waals surface area contributed by atoms with Crippen molar-refractivity contribution in [3.63, 3.8) is 0 Å².